The lowest BCUT2D eigenvalue weighted by Gasteiger charge is -2.17. The third kappa shape index (κ3) is 4.53. The molecule has 0 radical (unpaired) electrons. The molecule has 2 nitrogen and oxygen atoms in total. The predicted molar refractivity (Wildman–Crippen MR) is 79.1 cm³/mol. The van der Waals surface area contributed by atoms with E-state index in [4.69, 9.17) is 0 Å². The minimum atomic E-state index is -4.80. The summed E-state index contributed by atoms with van der Waals surface area (Å²) in [6, 6.07) is 7.71. The van der Waals surface area contributed by atoms with E-state index in [1.54, 1.807) is 0 Å². The van der Waals surface area contributed by atoms with Crippen molar-refractivity contribution < 1.29 is 35.5 Å². The van der Waals surface area contributed by atoms with Crippen LogP contribution in [0.25, 0.3) is 0 Å². The van der Waals surface area contributed by atoms with Gasteiger partial charge in [0.15, 0.2) is 0 Å². The van der Waals surface area contributed by atoms with Crippen LogP contribution < -0.4 is 5.32 Å². The van der Waals surface area contributed by atoms with Crippen molar-refractivity contribution >= 4 is 5.91 Å². The third-order valence-corrected chi connectivity index (χ3v) is 3.52. The molecule has 2 rings (SSSR count). The van der Waals surface area contributed by atoms with E-state index in [1.165, 1.54) is 12.1 Å². The van der Waals surface area contributed by atoms with Gasteiger partial charge in [-0.2, -0.15) is 26.3 Å². The number of alkyl halides is 7. The maximum Gasteiger partial charge on any atom is 0.417 e. The van der Waals surface area contributed by atoms with Gasteiger partial charge in [0.1, 0.15) is 6.17 Å². The number of hydrogen-bond donors (Lipinski definition) is 1. The molecule has 0 aliphatic rings. The number of amides is 1. The van der Waals surface area contributed by atoms with Crippen LogP contribution in [-0.4, -0.2) is 12.5 Å². The summed E-state index contributed by atoms with van der Waals surface area (Å²) in [5.74, 6) is -1.23. The van der Waals surface area contributed by atoms with Crippen LogP contribution in [0.1, 0.15) is 33.2 Å². The number of halogens is 7. The number of carbonyl (C=O) groups is 1. The molecule has 26 heavy (non-hydrogen) atoms. The predicted octanol–water partition coefficient (Wildman–Crippen LogP) is 5.16. The van der Waals surface area contributed by atoms with Gasteiger partial charge in [-0.05, 0) is 23.8 Å². The monoisotopic (exact) mass is 379 g/mol. The number of benzene rings is 2. The molecule has 0 heterocycles. The maximum atomic E-state index is 14.2. The molecule has 0 saturated carbocycles. The van der Waals surface area contributed by atoms with Crippen LogP contribution in [0.5, 0.6) is 0 Å². The van der Waals surface area contributed by atoms with Crippen molar-refractivity contribution in [2.24, 2.45) is 0 Å². The first-order chi connectivity index (χ1) is 12.0. The average molecular weight is 379 g/mol. The lowest BCUT2D eigenvalue weighted by Crippen LogP contribution is -2.29. The summed E-state index contributed by atoms with van der Waals surface area (Å²) in [6.45, 7) is -0.905. The fourth-order valence-electron chi connectivity index (χ4n) is 2.34. The second kappa shape index (κ2) is 7.35. The van der Waals surface area contributed by atoms with Crippen molar-refractivity contribution in [2.75, 3.05) is 6.54 Å². The van der Waals surface area contributed by atoms with Crippen molar-refractivity contribution in [3.8, 4) is 0 Å². The van der Waals surface area contributed by atoms with Crippen molar-refractivity contribution in [1.82, 2.24) is 5.32 Å². The molecule has 1 N–H and O–H groups in total. The minimum Gasteiger partial charge on any atom is -0.349 e. The topological polar surface area (TPSA) is 29.1 Å². The molecule has 1 unspecified atom stereocenters. The molecule has 0 aliphatic heterocycles. The zero-order chi connectivity index (χ0) is 19.5. The normalized spacial score (nSPS) is 13.3. The Kier molecular flexibility index (Phi) is 5.58. The van der Waals surface area contributed by atoms with E-state index in [2.05, 4.69) is 0 Å². The van der Waals surface area contributed by atoms with Crippen LogP contribution >= 0.6 is 0 Å². The van der Waals surface area contributed by atoms with Gasteiger partial charge in [0.2, 0.25) is 0 Å². The Balaban J connectivity index is 2.17. The van der Waals surface area contributed by atoms with Gasteiger partial charge in [0.25, 0.3) is 5.91 Å². The second-order valence-electron chi connectivity index (χ2n) is 5.31. The lowest BCUT2D eigenvalue weighted by molar-refractivity contribution is -0.139. The Labute approximate surface area is 143 Å². The standard InChI is InChI=1S/C17H12F7NO/c18-14(10-5-1-3-7-12(10)16(19,20)21)9-25-15(26)11-6-2-4-8-13(11)17(22,23)24/h1-8,14H,9H2,(H,25,26). The molecule has 0 spiro atoms. The van der Waals surface area contributed by atoms with E-state index >= 15 is 0 Å². The quantitative estimate of drug-likeness (QED) is 0.730. The van der Waals surface area contributed by atoms with Gasteiger partial charge in [-0.1, -0.05) is 30.3 Å². The molecule has 140 valence electrons. The van der Waals surface area contributed by atoms with E-state index in [-0.39, 0.29) is 0 Å². The Hall–Kier alpha value is -2.58. The molecule has 1 amide bonds. The zero-order valence-corrected chi connectivity index (χ0v) is 13.0. The first-order valence-electron chi connectivity index (χ1n) is 7.26. The smallest absolute Gasteiger partial charge is 0.349 e. The Morgan fingerprint density at radius 1 is 0.846 bits per heavy atom. The summed E-state index contributed by atoms with van der Waals surface area (Å²) < 4.78 is 91.5. The summed E-state index contributed by atoms with van der Waals surface area (Å²) in [5, 5.41) is 1.91. The molecule has 2 aromatic carbocycles. The van der Waals surface area contributed by atoms with E-state index in [9.17, 15) is 35.5 Å². The van der Waals surface area contributed by atoms with Crippen LogP contribution in [0.3, 0.4) is 0 Å². The van der Waals surface area contributed by atoms with Crippen molar-refractivity contribution in [1.29, 1.82) is 0 Å². The summed E-state index contributed by atoms with van der Waals surface area (Å²) in [5.41, 5.74) is -3.87. The van der Waals surface area contributed by atoms with Gasteiger partial charge >= 0.3 is 12.4 Å². The van der Waals surface area contributed by atoms with E-state index < -0.39 is 53.2 Å². The number of carbonyl (C=O) groups excluding carboxylic acids is 1. The summed E-state index contributed by atoms with van der Waals surface area (Å²) in [4.78, 5) is 11.9. The van der Waals surface area contributed by atoms with E-state index in [1.807, 2.05) is 5.32 Å². The van der Waals surface area contributed by atoms with Crippen molar-refractivity contribution in [3.63, 3.8) is 0 Å². The molecule has 0 aliphatic carbocycles. The Morgan fingerprint density at radius 3 is 1.92 bits per heavy atom. The lowest BCUT2D eigenvalue weighted by atomic mass is 10.0. The highest BCUT2D eigenvalue weighted by Gasteiger charge is 2.36. The van der Waals surface area contributed by atoms with Gasteiger partial charge in [-0.25, -0.2) is 4.39 Å². The van der Waals surface area contributed by atoms with Gasteiger partial charge < -0.3 is 5.32 Å². The molecule has 0 saturated heterocycles. The fourth-order valence-corrected chi connectivity index (χ4v) is 2.34. The average Bonchev–Trinajstić information content (AvgIpc) is 2.58. The SMILES string of the molecule is O=C(NCC(F)c1ccccc1C(F)(F)F)c1ccccc1C(F)(F)F. The molecule has 0 aromatic heterocycles. The fraction of sp³-hybridized carbons (Fsp3) is 0.235. The molecule has 0 bridgehead atoms. The third-order valence-electron chi connectivity index (χ3n) is 3.52. The highest BCUT2D eigenvalue weighted by molar-refractivity contribution is 5.95. The van der Waals surface area contributed by atoms with Crippen LogP contribution in [-0.2, 0) is 12.4 Å². The first kappa shape index (κ1) is 19.7. The molecule has 2 aromatic rings. The van der Waals surface area contributed by atoms with E-state index in [0.717, 1.165) is 24.3 Å². The van der Waals surface area contributed by atoms with Crippen molar-refractivity contribution in [2.45, 2.75) is 18.5 Å². The summed E-state index contributed by atoms with van der Waals surface area (Å²) in [6.07, 6.45) is -11.8. The maximum absolute atomic E-state index is 14.2. The van der Waals surface area contributed by atoms with Gasteiger partial charge in [0, 0.05) is 0 Å². The minimum absolute atomic E-state index is 0.681. The van der Waals surface area contributed by atoms with Gasteiger partial charge in [-0.3, -0.25) is 4.79 Å². The van der Waals surface area contributed by atoms with E-state index in [0.29, 0.717) is 12.1 Å². The van der Waals surface area contributed by atoms with Crippen LogP contribution in [0.2, 0.25) is 0 Å². The highest BCUT2D eigenvalue weighted by atomic mass is 19.4. The number of rotatable bonds is 4. The number of nitrogens with one attached hydrogen (secondary N) is 1. The summed E-state index contributed by atoms with van der Waals surface area (Å²) in [7, 11) is 0. The van der Waals surface area contributed by atoms with Gasteiger partial charge in [0.05, 0.1) is 23.2 Å². The molecule has 1 atom stereocenters. The number of hydrogen-bond acceptors (Lipinski definition) is 1. The molecule has 9 heteroatoms. The highest BCUT2D eigenvalue weighted by Crippen LogP contribution is 2.35. The molecule has 0 fully saturated rings. The molecular formula is C17H12F7NO. The van der Waals surface area contributed by atoms with Crippen LogP contribution in [0.4, 0.5) is 30.7 Å². The Bertz CT molecular complexity index is 783. The zero-order valence-electron chi connectivity index (χ0n) is 13.0. The van der Waals surface area contributed by atoms with Crippen LogP contribution in [0.15, 0.2) is 48.5 Å². The van der Waals surface area contributed by atoms with Crippen molar-refractivity contribution in [3.05, 3.63) is 70.8 Å². The molecular weight excluding hydrogens is 367 g/mol. The largest absolute Gasteiger partial charge is 0.417 e. The Morgan fingerprint density at radius 2 is 1.35 bits per heavy atom. The van der Waals surface area contributed by atoms with Crippen LogP contribution in [0, 0.1) is 0 Å². The summed E-state index contributed by atoms with van der Waals surface area (Å²) >= 11 is 0. The first-order valence-corrected chi connectivity index (χ1v) is 7.26. The van der Waals surface area contributed by atoms with Gasteiger partial charge in [-0.15, -0.1) is 0 Å². The second-order valence-corrected chi connectivity index (χ2v) is 5.31.